The van der Waals surface area contributed by atoms with Gasteiger partial charge < -0.3 is 25.8 Å². The van der Waals surface area contributed by atoms with E-state index in [0.29, 0.717) is 26.4 Å². The van der Waals surface area contributed by atoms with Gasteiger partial charge in [-0.15, -0.1) is 0 Å². The van der Waals surface area contributed by atoms with E-state index < -0.39 is 0 Å². The summed E-state index contributed by atoms with van der Waals surface area (Å²) in [5.74, 6) is 0. The molecule has 0 aromatic heterocycles. The first kappa shape index (κ1) is 12.6. The van der Waals surface area contributed by atoms with Crippen LogP contribution < -0.4 is 16.4 Å². The van der Waals surface area contributed by atoms with Crippen LogP contribution in [0.3, 0.4) is 0 Å². The molecule has 0 aliphatic carbocycles. The summed E-state index contributed by atoms with van der Waals surface area (Å²) in [6.07, 6.45) is 2.43. The normalized spacial score (nSPS) is 27.7. The first-order valence-electron chi connectivity index (χ1n) is 6.18. The summed E-state index contributed by atoms with van der Waals surface area (Å²) < 4.78 is 10.5. The van der Waals surface area contributed by atoms with E-state index in [1.165, 1.54) is 0 Å². The lowest BCUT2D eigenvalue weighted by Crippen LogP contribution is -2.59. The van der Waals surface area contributed by atoms with E-state index in [4.69, 9.17) is 15.2 Å². The van der Waals surface area contributed by atoms with E-state index in [0.717, 1.165) is 25.9 Å². The molecule has 6 heteroatoms. The van der Waals surface area contributed by atoms with E-state index in [1.54, 1.807) is 0 Å². The molecule has 0 spiro atoms. The molecule has 2 aliphatic rings. The zero-order valence-corrected chi connectivity index (χ0v) is 10.0. The van der Waals surface area contributed by atoms with Crippen molar-refractivity contribution >= 4 is 6.03 Å². The molecule has 2 amide bonds. The van der Waals surface area contributed by atoms with Crippen LogP contribution in [0.2, 0.25) is 0 Å². The first-order valence-corrected chi connectivity index (χ1v) is 6.18. The minimum atomic E-state index is -0.304. The van der Waals surface area contributed by atoms with E-state index >= 15 is 0 Å². The van der Waals surface area contributed by atoms with Crippen LogP contribution in [0.4, 0.5) is 4.79 Å². The predicted molar refractivity (Wildman–Crippen MR) is 62.7 cm³/mol. The molecule has 2 heterocycles. The lowest BCUT2D eigenvalue weighted by molar-refractivity contribution is 0.0453. The molecule has 0 aromatic carbocycles. The minimum Gasteiger partial charge on any atom is -0.381 e. The summed E-state index contributed by atoms with van der Waals surface area (Å²) in [6, 6.07) is -0.0162. The van der Waals surface area contributed by atoms with Gasteiger partial charge in [-0.1, -0.05) is 0 Å². The van der Waals surface area contributed by atoms with Crippen LogP contribution in [-0.4, -0.2) is 50.6 Å². The maximum absolute atomic E-state index is 11.9. The maximum atomic E-state index is 11.9. The van der Waals surface area contributed by atoms with Crippen molar-refractivity contribution in [1.82, 2.24) is 10.6 Å². The van der Waals surface area contributed by atoms with Gasteiger partial charge in [-0.2, -0.15) is 0 Å². The molecular weight excluding hydrogens is 222 g/mol. The number of carbonyl (C=O) groups is 1. The van der Waals surface area contributed by atoms with Crippen molar-refractivity contribution in [3.63, 3.8) is 0 Å². The van der Waals surface area contributed by atoms with Crippen molar-refractivity contribution in [1.29, 1.82) is 0 Å². The quantitative estimate of drug-likeness (QED) is 0.628. The van der Waals surface area contributed by atoms with Gasteiger partial charge in [0.2, 0.25) is 0 Å². The summed E-state index contributed by atoms with van der Waals surface area (Å²) in [6.45, 7) is 3.09. The van der Waals surface area contributed by atoms with Gasteiger partial charge in [0.05, 0.1) is 18.2 Å². The summed E-state index contributed by atoms with van der Waals surface area (Å²) in [5, 5.41) is 5.91. The summed E-state index contributed by atoms with van der Waals surface area (Å²) >= 11 is 0. The Morgan fingerprint density at radius 2 is 2.06 bits per heavy atom. The Balaban J connectivity index is 1.82. The van der Waals surface area contributed by atoms with Gasteiger partial charge in [-0.25, -0.2) is 4.79 Å². The van der Waals surface area contributed by atoms with E-state index in [2.05, 4.69) is 10.6 Å². The minimum absolute atomic E-state index is 0.129. The molecule has 0 aromatic rings. The topological polar surface area (TPSA) is 85.6 Å². The van der Waals surface area contributed by atoms with Crippen LogP contribution in [0.5, 0.6) is 0 Å². The number of nitrogens with one attached hydrogen (secondary N) is 2. The van der Waals surface area contributed by atoms with Crippen molar-refractivity contribution < 1.29 is 14.3 Å². The molecule has 0 saturated carbocycles. The van der Waals surface area contributed by atoms with Crippen molar-refractivity contribution in [2.24, 2.45) is 5.73 Å². The van der Waals surface area contributed by atoms with Crippen LogP contribution in [0, 0.1) is 0 Å². The van der Waals surface area contributed by atoms with Crippen LogP contribution >= 0.6 is 0 Å². The van der Waals surface area contributed by atoms with Crippen LogP contribution in [0.25, 0.3) is 0 Å². The highest BCUT2D eigenvalue weighted by molar-refractivity contribution is 5.75. The second kappa shape index (κ2) is 5.66. The van der Waals surface area contributed by atoms with Gasteiger partial charge >= 0.3 is 6.03 Å². The average molecular weight is 243 g/mol. The molecule has 2 rings (SSSR count). The smallest absolute Gasteiger partial charge is 0.315 e. The number of carbonyl (C=O) groups excluding carboxylic acids is 1. The number of amides is 2. The highest BCUT2D eigenvalue weighted by atomic mass is 16.5. The van der Waals surface area contributed by atoms with E-state index in [-0.39, 0.29) is 17.6 Å². The van der Waals surface area contributed by atoms with Crippen molar-refractivity contribution in [2.75, 3.05) is 33.0 Å². The van der Waals surface area contributed by atoms with Crippen LogP contribution in [0.15, 0.2) is 0 Å². The third kappa shape index (κ3) is 3.31. The molecule has 98 valence electrons. The van der Waals surface area contributed by atoms with Gasteiger partial charge in [0.15, 0.2) is 0 Å². The lowest BCUT2D eigenvalue weighted by atomic mass is 9.90. The number of urea groups is 1. The number of hydrogen-bond donors (Lipinski definition) is 3. The van der Waals surface area contributed by atoms with Gasteiger partial charge in [-0.05, 0) is 19.3 Å². The summed E-state index contributed by atoms with van der Waals surface area (Å²) in [4.78, 5) is 11.9. The Labute approximate surface area is 101 Å². The Kier molecular flexibility index (Phi) is 4.20. The lowest BCUT2D eigenvalue weighted by Gasteiger charge is -2.37. The first-order chi connectivity index (χ1) is 8.24. The molecule has 1 unspecified atom stereocenters. The molecular formula is C11H21N3O3. The Bertz CT molecular complexity index is 261. The number of hydrogen-bond acceptors (Lipinski definition) is 4. The zero-order valence-electron chi connectivity index (χ0n) is 10.0. The molecule has 0 bridgehead atoms. The summed E-state index contributed by atoms with van der Waals surface area (Å²) in [7, 11) is 0. The predicted octanol–water partition coefficient (Wildman–Crippen LogP) is -0.418. The van der Waals surface area contributed by atoms with Gasteiger partial charge in [0.1, 0.15) is 0 Å². The fourth-order valence-electron chi connectivity index (χ4n) is 2.25. The van der Waals surface area contributed by atoms with Crippen molar-refractivity contribution in [3.05, 3.63) is 0 Å². The standard InChI is InChI=1S/C11H21N3O3/c12-8-11(2-5-16-6-3-11)14-10(15)13-9-1-4-17-7-9/h9H,1-8,12H2,(H2,13,14,15). The molecule has 17 heavy (non-hydrogen) atoms. The third-order valence-electron chi connectivity index (χ3n) is 3.48. The number of nitrogens with two attached hydrogens (primary N) is 1. The maximum Gasteiger partial charge on any atom is 0.315 e. The number of ether oxygens (including phenoxy) is 2. The zero-order chi connectivity index (χ0) is 12.1. The molecule has 2 aliphatic heterocycles. The summed E-state index contributed by atoms with van der Waals surface area (Å²) in [5.41, 5.74) is 5.47. The van der Waals surface area contributed by atoms with Gasteiger partial charge in [0, 0.05) is 26.4 Å². The molecule has 0 radical (unpaired) electrons. The highest BCUT2D eigenvalue weighted by Crippen LogP contribution is 2.19. The molecule has 1 atom stereocenters. The monoisotopic (exact) mass is 243 g/mol. The molecule has 2 saturated heterocycles. The Morgan fingerprint density at radius 3 is 2.65 bits per heavy atom. The fraction of sp³-hybridized carbons (Fsp3) is 0.909. The van der Waals surface area contributed by atoms with Gasteiger partial charge in [-0.3, -0.25) is 0 Å². The van der Waals surface area contributed by atoms with E-state index in [1.807, 2.05) is 0 Å². The van der Waals surface area contributed by atoms with Crippen LogP contribution in [-0.2, 0) is 9.47 Å². The Morgan fingerprint density at radius 1 is 1.29 bits per heavy atom. The fourth-order valence-corrected chi connectivity index (χ4v) is 2.25. The Hall–Kier alpha value is -0.850. The largest absolute Gasteiger partial charge is 0.381 e. The van der Waals surface area contributed by atoms with Crippen molar-refractivity contribution in [3.8, 4) is 0 Å². The second-order valence-corrected chi connectivity index (χ2v) is 4.76. The average Bonchev–Trinajstić information content (AvgIpc) is 2.83. The second-order valence-electron chi connectivity index (χ2n) is 4.76. The third-order valence-corrected chi connectivity index (χ3v) is 3.48. The van der Waals surface area contributed by atoms with E-state index in [9.17, 15) is 4.79 Å². The number of rotatable bonds is 3. The SMILES string of the molecule is NCC1(NC(=O)NC2CCOC2)CCOCC1. The van der Waals surface area contributed by atoms with Gasteiger partial charge in [0.25, 0.3) is 0 Å². The molecule has 4 N–H and O–H groups in total. The molecule has 2 fully saturated rings. The molecule has 6 nitrogen and oxygen atoms in total. The highest BCUT2D eigenvalue weighted by Gasteiger charge is 2.33. The van der Waals surface area contributed by atoms with Crippen molar-refractivity contribution in [2.45, 2.75) is 30.8 Å². The van der Waals surface area contributed by atoms with Crippen LogP contribution in [0.1, 0.15) is 19.3 Å².